The quantitative estimate of drug-likeness (QED) is 0.452. The van der Waals surface area contributed by atoms with Crippen molar-refractivity contribution in [1.82, 2.24) is 24.5 Å². The zero-order valence-corrected chi connectivity index (χ0v) is 18.4. The standard InChI is InChI=1S/C24H23N5O5/c1-15-13-28(24(32)26-23(15)31)22-11-19(21(14-30)34-22)29-20(12-25-27-29)16-7-9-18(10-8-16)33-17-5-3-2-4-6-17/h2-10,12-13,19,21-22,30H,11,14H2,1H3,(H,26,31,32)/t19-,21+,22+/m0/s1. The fourth-order valence-corrected chi connectivity index (χ4v) is 4.12. The molecule has 4 aromatic rings. The van der Waals surface area contributed by atoms with Crippen molar-refractivity contribution in [2.24, 2.45) is 0 Å². The molecular weight excluding hydrogens is 438 g/mol. The Morgan fingerprint density at radius 3 is 2.59 bits per heavy atom. The van der Waals surface area contributed by atoms with Gasteiger partial charge in [-0.05, 0) is 43.3 Å². The number of nitrogens with zero attached hydrogens (tertiary/aromatic N) is 4. The Morgan fingerprint density at radius 2 is 1.85 bits per heavy atom. The van der Waals surface area contributed by atoms with E-state index in [1.807, 2.05) is 54.6 Å². The highest BCUT2D eigenvalue weighted by Gasteiger charge is 2.39. The molecule has 1 aliphatic rings. The van der Waals surface area contributed by atoms with E-state index in [-0.39, 0.29) is 12.6 Å². The number of ether oxygens (including phenoxy) is 2. The van der Waals surface area contributed by atoms with E-state index < -0.39 is 23.6 Å². The van der Waals surface area contributed by atoms with Gasteiger partial charge >= 0.3 is 5.69 Å². The zero-order chi connectivity index (χ0) is 23.7. The molecule has 2 aromatic carbocycles. The maximum Gasteiger partial charge on any atom is 0.330 e. The van der Waals surface area contributed by atoms with Crippen molar-refractivity contribution in [3.8, 4) is 22.8 Å². The lowest BCUT2D eigenvalue weighted by Gasteiger charge is -2.18. The smallest absolute Gasteiger partial charge is 0.330 e. The number of aliphatic hydroxyl groups is 1. The number of hydrogen-bond donors (Lipinski definition) is 2. The van der Waals surface area contributed by atoms with Crippen LogP contribution >= 0.6 is 0 Å². The van der Waals surface area contributed by atoms with Crippen molar-refractivity contribution in [3.05, 3.63) is 93.4 Å². The molecule has 5 rings (SSSR count). The van der Waals surface area contributed by atoms with Gasteiger partial charge in [0.25, 0.3) is 5.56 Å². The summed E-state index contributed by atoms with van der Waals surface area (Å²) < 4.78 is 14.9. The fraction of sp³-hybridized carbons (Fsp3) is 0.250. The number of aromatic amines is 1. The van der Waals surface area contributed by atoms with Gasteiger partial charge in [0.2, 0.25) is 0 Å². The second-order valence-corrected chi connectivity index (χ2v) is 8.10. The van der Waals surface area contributed by atoms with E-state index in [4.69, 9.17) is 9.47 Å². The first-order valence-electron chi connectivity index (χ1n) is 10.9. The Hall–Kier alpha value is -4.02. The van der Waals surface area contributed by atoms with Crippen LogP contribution in [0.5, 0.6) is 11.5 Å². The van der Waals surface area contributed by atoms with Crippen molar-refractivity contribution in [3.63, 3.8) is 0 Å². The Kier molecular flexibility index (Phi) is 5.83. The number of hydrogen-bond acceptors (Lipinski definition) is 7. The van der Waals surface area contributed by atoms with Crippen molar-refractivity contribution < 1.29 is 14.6 Å². The molecule has 0 amide bonds. The van der Waals surface area contributed by atoms with Gasteiger partial charge in [-0.3, -0.25) is 14.3 Å². The second kappa shape index (κ2) is 9.08. The summed E-state index contributed by atoms with van der Waals surface area (Å²) in [6.07, 6.45) is 2.21. The molecule has 34 heavy (non-hydrogen) atoms. The van der Waals surface area contributed by atoms with E-state index in [2.05, 4.69) is 15.3 Å². The number of rotatable bonds is 6. The first kappa shape index (κ1) is 21.8. The lowest BCUT2D eigenvalue weighted by Crippen LogP contribution is -2.33. The summed E-state index contributed by atoms with van der Waals surface area (Å²) in [5.41, 5.74) is 0.997. The number of aromatic nitrogens is 5. The lowest BCUT2D eigenvalue weighted by atomic mass is 10.1. The number of aliphatic hydroxyl groups excluding tert-OH is 1. The molecule has 10 heteroatoms. The fourth-order valence-electron chi connectivity index (χ4n) is 4.12. The average Bonchev–Trinajstić information content (AvgIpc) is 3.49. The summed E-state index contributed by atoms with van der Waals surface area (Å²) >= 11 is 0. The van der Waals surface area contributed by atoms with Crippen LogP contribution in [0.2, 0.25) is 0 Å². The largest absolute Gasteiger partial charge is 0.457 e. The number of H-pyrrole nitrogens is 1. The van der Waals surface area contributed by atoms with Crippen molar-refractivity contribution >= 4 is 0 Å². The molecule has 0 aliphatic carbocycles. The molecule has 0 saturated carbocycles. The number of para-hydroxylation sites is 1. The third-order valence-corrected chi connectivity index (χ3v) is 5.86. The minimum absolute atomic E-state index is 0.262. The maximum atomic E-state index is 12.3. The topological polar surface area (TPSA) is 124 Å². The summed E-state index contributed by atoms with van der Waals surface area (Å²) in [6.45, 7) is 1.35. The van der Waals surface area contributed by atoms with Gasteiger partial charge in [0, 0.05) is 23.7 Å². The van der Waals surface area contributed by atoms with E-state index in [9.17, 15) is 14.7 Å². The number of benzene rings is 2. The number of aryl methyl sites for hydroxylation is 1. The molecule has 0 radical (unpaired) electrons. The molecular formula is C24H23N5O5. The molecule has 0 bridgehead atoms. The van der Waals surface area contributed by atoms with E-state index in [0.29, 0.717) is 17.7 Å². The van der Waals surface area contributed by atoms with Gasteiger partial charge in [0.1, 0.15) is 23.8 Å². The highest BCUT2D eigenvalue weighted by molar-refractivity contribution is 5.59. The van der Waals surface area contributed by atoms with Gasteiger partial charge in [-0.25, -0.2) is 9.48 Å². The molecule has 3 heterocycles. The SMILES string of the molecule is Cc1cn([C@H]2C[C@H](n3nncc3-c3ccc(Oc4ccccc4)cc3)[C@@H](CO)O2)c(=O)[nH]c1=O. The van der Waals surface area contributed by atoms with Crippen LogP contribution in [0.4, 0.5) is 0 Å². The first-order chi connectivity index (χ1) is 16.5. The zero-order valence-electron chi connectivity index (χ0n) is 18.4. The van der Waals surface area contributed by atoms with E-state index in [0.717, 1.165) is 17.0 Å². The predicted octanol–water partition coefficient (Wildman–Crippen LogP) is 2.42. The molecule has 2 N–H and O–H groups in total. The second-order valence-electron chi connectivity index (χ2n) is 8.10. The highest BCUT2D eigenvalue weighted by atomic mass is 16.5. The summed E-state index contributed by atoms with van der Waals surface area (Å²) in [5.74, 6) is 1.44. The molecule has 3 atom stereocenters. The predicted molar refractivity (Wildman–Crippen MR) is 123 cm³/mol. The van der Waals surface area contributed by atoms with Crippen molar-refractivity contribution in [2.45, 2.75) is 31.7 Å². The van der Waals surface area contributed by atoms with Crippen LogP contribution in [-0.2, 0) is 4.74 Å². The van der Waals surface area contributed by atoms with Gasteiger partial charge in [0.05, 0.1) is 24.5 Å². The molecule has 1 aliphatic heterocycles. The summed E-state index contributed by atoms with van der Waals surface area (Å²) in [4.78, 5) is 26.4. The minimum Gasteiger partial charge on any atom is -0.457 e. The van der Waals surface area contributed by atoms with Gasteiger partial charge < -0.3 is 14.6 Å². The Balaban J connectivity index is 1.40. The minimum atomic E-state index is -0.663. The van der Waals surface area contributed by atoms with Crippen LogP contribution in [0.1, 0.15) is 24.3 Å². The van der Waals surface area contributed by atoms with Crippen molar-refractivity contribution in [1.29, 1.82) is 0 Å². The summed E-state index contributed by atoms with van der Waals surface area (Å²) in [7, 11) is 0. The summed E-state index contributed by atoms with van der Waals surface area (Å²) in [5, 5.41) is 18.3. The molecule has 0 spiro atoms. The molecule has 10 nitrogen and oxygen atoms in total. The van der Waals surface area contributed by atoms with Crippen LogP contribution in [0.25, 0.3) is 11.3 Å². The maximum absolute atomic E-state index is 12.3. The average molecular weight is 461 g/mol. The monoisotopic (exact) mass is 461 g/mol. The van der Waals surface area contributed by atoms with Gasteiger partial charge in [-0.2, -0.15) is 0 Å². The van der Waals surface area contributed by atoms with E-state index >= 15 is 0 Å². The Labute approximate surface area is 194 Å². The first-order valence-corrected chi connectivity index (χ1v) is 10.9. The molecule has 1 fully saturated rings. The molecule has 0 unspecified atom stereocenters. The Bertz CT molecular complexity index is 1390. The lowest BCUT2D eigenvalue weighted by molar-refractivity contribution is -0.0322. The van der Waals surface area contributed by atoms with Crippen LogP contribution in [0.3, 0.4) is 0 Å². The van der Waals surface area contributed by atoms with Gasteiger partial charge in [0.15, 0.2) is 0 Å². The third-order valence-electron chi connectivity index (χ3n) is 5.86. The number of nitrogens with one attached hydrogen (secondary N) is 1. The highest BCUT2D eigenvalue weighted by Crippen LogP contribution is 2.38. The van der Waals surface area contributed by atoms with Crippen LogP contribution < -0.4 is 16.0 Å². The van der Waals surface area contributed by atoms with Gasteiger partial charge in [-0.1, -0.05) is 23.4 Å². The van der Waals surface area contributed by atoms with Crippen LogP contribution in [0.15, 0.2) is 76.6 Å². The molecule has 1 saturated heterocycles. The summed E-state index contributed by atoms with van der Waals surface area (Å²) in [6, 6.07) is 16.7. The molecule has 2 aromatic heterocycles. The third kappa shape index (κ3) is 4.16. The molecule has 174 valence electrons. The van der Waals surface area contributed by atoms with Gasteiger partial charge in [-0.15, -0.1) is 5.10 Å². The van der Waals surface area contributed by atoms with E-state index in [1.165, 1.54) is 10.8 Å². The Morgan fingerprint density at radius 1 is 1.12 bits per heavy atom. The van der Waals surface area contributed by atoms with Crippen LogP contribution in [-0.4, -0.2) is 42.4 Å². The van der Waals surface area contributed by atoms with E-state index in [1.54, 1.807) is 17.8 Å². The van der Waals surface area contributed by atoms with Crippen molar-refractivity contribution in [2.75, 3.05) is 6.61 Å². The van der Waals surface area contributed by atoms with Crippen LogP contribution in [0, 0.1) is 6.92 Å². The normalized spacial score (nSPS) is 19.9.